The highest BCUT2D eigenvalue weighted by Crippen LogP contribution is 2.34. The molecule has 1 aromatic carbocycles. The van der Waals surface area contributed by atoms with Crippen LogP contribution in [-0.4, -0.2) is 9.97 Å². The van der Waals surface area contributed by atoms with Crippen LogP contribution < -0.4 is 4.90 Å². The highest BCUT2D eigenvalue weighted by atomic mass is 15.2. The number of nitrogens with one attached hydrogen (secondary N) is 1. The second-order valence-electron chi connectivity index (χ2n) is 5.39. The molecule has 0 bridgehead atoms. The molecule has 0 amide bonds. The zero-order chi connectivity index (χ0) is 14.1. The Bertz CT molecular complexity index is 740. The van der Waals surface area contributed by atoms with Crippen LogP contribution in [0.5, 0.6) is 0 Å². The molecule has 0 aliphatic carbocycles. The summed E-state index contributed by atoms with van der Waals surface area (Å²) < 4.78 is 0. The second kappa shape index (κ2) is 5.09. The fourth-order valence-electron chi connectivity index (χ4n) is 3.01. The molecule has 21 heavy (non-hydrogen) atoms. The number of para-hydroxylation sites is 1. The van der Waals surface area contributed by atoms with E-state index in [0.717, 1.165) is 18.7 Å². The van der Waals surface area contributed by atoms with Crippen LogP contribution in [0.25, 0.3) is 10.9 Å². The fourth-order valence-corrected chi connectivity index (χ4v) is 3.01. The van der Waals surface area contributed by atoms with Crippen molar-refractivity contribution in [2.75, 3.05) is 4.90 Å². The lowest BCUT2D eigenvalue weighted by Crippen LogP contribution is -2.26. The Morgan fingerprint density at radius 2 is 2.00 bits per heavy atom. The lowest BCUT2D eigenvalue weighted by atomic mass is 10.0. The number of rotatable bonds is 2. The Morgan fingerprint density at radius 1 is 1.10 bits per heavy atom. The molecule has 0 spiro atoms. The van der Waals surface area contributed by atoms with Crippen LogP contribution >= 0.6 is 0 Å². The van der Waals surface area contributed by atoms with Crippen molar-refractivity contribution in [2.24, 2.45) is 0 Å². The van der Waals surface area contributed by atoms with Crippen molar-refractivity contribution < 1.29 is 0 Å². The van der Waals surface area contributed by atoms with Gasteiger partial charge in [0.05, 0.1) is 6.04 Å². The van der Waals surface area contributed by atoms with Crippen molar-refractivity contribution in [3.05, 3.63) is 72.7 Å². The number of anilines is 1. The van der Waals surface area contributed by atoms with Gasteiger partial charge in [-0.25, -0.2) is 4.98 Å². The van der Waals surface area contributed by atoms with E-state index >= 15 is 0 Å². The van der Waals surface area contributed by atoms with E-state index in [0.29, 0.717) is 6.04 Å². The second-order valence-corrected chi connectivity index (χ2v) is 5.39. The van der Waals surface area contributed by atoms with Crippen LogP contribution in [0.4, 0.5) is 5.82 Å². The predicted molar refractivity (Wildman–Crippen MR) is 86.1 cm³/mol. The van der Waals surface area contributed by atoms with E-state index in [1.165, 1.54) is 16.6 Å². The molecule has 1 atom stereocenters. The minimum absolute atomic E-state index is 0.317. The standard InChI is InChI=1S/C18H17N3/c1-2-8-15-14(7-1)13-16(20-15)17-9-4-6-12-21(17)18-10-3-5-11-19-18/h1-3,5-8,10-13,17,20H,4,9H2. The van der Waals surface area contributed by atoms with E-state index in [2.05, 4.69) is 63.5 Å². The number of aromatic nitrogens is 2. The van der Waals surface area contributed by atoms with Gasteiger partial charge in [0.2, 0.25) is 0 Å². The Balaban J connectivity index is 1.76. The Kier molecular flexibility index (Phi) is 2.96. The van der Waals surface area contributed by atoms with Crippen molar-refractivity contribution >= 4 is 16.7 Å². The summed E-state index contributed by atoms with van der Waals surface area (Å²) in [6.45, 7) is 0. The normalized spacial score (nSPS) is 18.3. The molecule has 0 fully saturated rings. The average molecular weight is 275 g/mol. The summed E-state index contributed by atoms with van der Waals surface area (Å²) in [4.78, 5) is 10.3. The molecular weight excluding hydrogens is 258 g/mol. The molecule has 3 nitrogen and oxygen atoms in total. The maximum atomic E-state index is 4.49. The third-order valence-corrected chi connectivity index (χ3v) is 4.03. The van der Waals surface area contributed by atoms with Gasteiger partial charge in [0.25, 0.3) is 0 Å². The molecule has 2 aromatic heterocycles. The molecular formula is C18H17N3. The highest BCUT2D eigenvalue weighted by Gasteiger charge is 2.23. The van der Waals surface area contributed by atoms with Gasteiger partial charge >= 0.3 is 0 Å². The summed E-state index contributed by atoms with van der Waals surface area (Å²) in [6.07, 6.45) is 8.42. The van der Waals surface area contributed by atoms with E-state index in [1.54, 1.807) is 0 Å². The van der Waals surface area contributed by atoms with E-state index < -0.39 is 0 Å². The smallest absolute Gasteiger partial charge is 0.133 e. The molecule has 1 aliphatic heterocycles. The summed E-state index contributed by atoms with van der Waals surface area (Å²) in [5.74, 6) is 0.997. The quantitative estimate of drug-likeness (QED) is 0.751. The maximum absolute atomic E-state index is 4.49. The minimum Gasteiger partial charge on any atom is -0.357 e. The Labute approximate surface area is 123 Å². The van der Waals surface area contributed by atoms with Crippen LogP contribution in [0, 0.1) is 0 Å². The topological polar surface area (TPSA) is 31.9 Å². The highest BCUT2D eigenvalue weighted by molar-refractivity contribution is 5.80. The zero-order valence-electron chi connectivity index (χ0n) is 11.7. The number of allylic oxidation sites excluding steroid dienone is 1. The van der Waals surface area contributed by atoms with E-state index in [1.807, 2.05) is 18.3 Å². The monoisotopic (exact) mass is 275 g/mol. The van der Waals surface area contributed by atoms with Crippen LogP contribution in [0.1, 0.15) is 24.6 Å². The molecule has 4 rings (SSSR count). The predicted octanol–water partition coefficient (Wildman–Crippen LogP) is 4.42. The van der Waals surface area contributed by atoms with E-state index in [4.69, 9.17) is 0 Å². The van der Waals surface area contributed by atoms with Gasteiger partial charge in [-0.15, -0.1) is 0 Å². The van der Waals surface area contributed by atoms with Crippen LogP contribution in [0.15, 0.2) is 67.0 Å². The molecule has 1 aliphatic rings. The first kappa shape index (κ1) is 12.2. The molecule has 0 radical (unpaired) electrons. The van der Waals surface area contributed by atoms with Crippen molar-refractivity contribution in [3.8, 4) is 0 Å². The zero-order valence-corrected chi connectivity index (χ0v) is 11.7. The summed E-state index contributed by atoms with van der Waals surface area (Å²) >= 11 is 0. The number of benzene rings is 1. The number of hydrogen-bond donors (Lipinski definition) is 1. The number of hydrogen-bond acceptors (Lipinski definition) is 2. The SMILES string of the molecule is C1=CN(c2ccccn2)C(c2cc3ccccc3[nH]2)CC1. The largest absolute Gasteiger partial charge is 0.357 e. The first-order valence-corrected chi connectivity index (χ1v) is 7.35. The molecule has 1 N–H and O–H groups in total. The van der Waals surface area contributed by atoms with E-state index in [-0.39, 0.29) is 0 Å². The van der Waals surface area contributed by atoms with Gasteiger partial charge in [0.15, 0.2) is 0 Å². The molecule has 3 aromatic rings. The number of pyridine rings is 1. The van der Waals surface area contributed by atoms with Gasteiger partial charge in [-0.2, -0.15) is 0 Å². The van der Waals surface area contributed by atoms with Crippen LogP contribution in [0.3, 0.4) is 0 Å². The Hall–Kier alpha value is -2.55. The molecule has 0 saturated carbocycles. The summed E-state index contributed by atoms with van der Waals surface area (Å²) in [6, 6.07) is 17.1. The molecule has 104 valence electrons. The Morgan fingerprint density at radius 3 is 2.86 bits per heavy atom. The third-order valence-electron chi connectivity index (χ3n) is 4.03. The number of aromatic amines is 1. The molecule has 3 heterocycles. The first-order chi connectivity index (χ1) is 10.4. The summed E-state index contributed by atoms with van der Waals surface area (Å²) in [7, 11) is 0. The summed E-state index contributed by atoms with van der Waals surface area (Å²) in [5, 5.41) is 1.27. The number of fused-ring (bicyclic) bond motifs is 1. The van der Waals surface area contributed by atoms with E-state index in [9.17, 15) is 0 Å². The molecule has 1 unspecified atom stereocenters. The van der Waals surface area contributed by atoms with Crippen molar-refractivity contribution in [3.63, 3.8) is 0 Å². The van der Waals surface area contributed by atoms with Crippen molar-refractivity contribution in [2.45, 2.75) is 18.9 Å². The maximum Gasteiger partial charge on any atom is 0.133 e. The fraction of sp³-hybridized carbons (Fsp3) is 0.167. The average Bonchev–Trinajstić information content (AvgIpc) is 2.99. The van der Waals surface area contributed by atoms with Gasteiger partial charge in [-0.1, -0.05) is 30.3 Å². The lowest BCUT2D eigenvalue weighted by Gasteiger charge is -2.31. The number of nitrogens with zero attached hydrogens (tertiary/aromatic N) is 2. The van der Waals surface area contributed by atoms with Gasteiger partial charge in [0.1, 0.15) is 5.82 Å². The lowest BCUT2D eigenvalue weighted by molar-refractivity contribution is 0.596. The first-order valence-electron chi connectivity index (χ1n) is 7.35. The molecule has 3 heteroatoms. The minimum atomic E-state index is 0.317. The van der Waals surface area contributed by atoms with Gasteiger partial charge in [-0.3, -0.25) is 0 Å². The molecule has 0 saturated heterocycles. The van der Waals surface area contributed by atoms with Crippen molar-refractivity contribution in [1.82, 2.24) is 9.97 Å². The summed E-state index contributed by atoms with van der Waals surface area (Å²) in [5.41, 5.74) is 2.45. The van der Waals surface area contributed by atoms with Crippen molar-refractivity contribution in [1.29, 1.82) is 0 Å². The van der Waals surface area contributed by atoms with Gasteiger partial charge in [0, 0.05) is 23.6 Å². The van der Waals surface area contributed by atoms with Crippen LogP contribution in [0.2, 0.25) is 0 Å². The van der Waals surface area contributed by atoms with Crippen LogP contribution in [-0.2, 0) is 0 Å². The number of H-pyrrole nitrogens is 1. The van der Waals surface area contributed by atoms with Gasteiger partial charge in [-0.05, 0) is 42.5 Å². The third kappa shape index (κ3) is 2.21. The van der Waals surface area contributed by atoms with Gasteiger partial charge < -0.3 is 9.88 Å².